The maximum atomic E-state index is 12.8. The van der Waals surface area contributed by atoms with Gasteiger partial charge in [0.05, 0.1) is 31.6 Å². The van der Waals surface area contributed by atoms with E-state index in [1.165, 1.54) is 0 Å². The molecule has 2 heterocycles. The summed E-state index contributed by atoms with van der Waals surface area (Å²) in [6, 6.07) is 20.8. The van der Waals surface area contributed by atoms with Crippen molar-refractivity contribution in [3.8, 4) is 6.07 Å². The second-order valence-corrected chi connectivity index (χ2v) is 8.19. The van der Waals surface area contributed by atoms with Gasteiger partial charge in [-0.2, -0.15) is 10.4 Å². The lowest BCUT2D eigenvalue weighted by Crippen LogP contribution is -2.66. The number of amides is 3. The van der Waals surface area contributed by atoms with Crippen LogP contribution in [0.15, 0.2) is 66.9 Å². The number of primary amides is 1. The van der Waals surface area contributed by atoms with Gasteiger partial charge in [-0.3, -0.25) is 9.48 Å². The predicted octanol–water partition coefficient (Wildman–Crippen LogP) is 3.12. The largest absolute Gasteiger partial charge is 0.365 e. The molecule has 3 amide bonds. The molecule has 1 saturated heterocycles. The number of para-hydroxylation sites is 1. The zero-order valence-corrected chi connectivity index (χ0v) is 18.2. The number of carbonyl (C=O) groups is 2. The topological polar surface area (TPSA) is 129 Å². The van der Waals surface area contributed by atoms with Gasteiger partial charge in [0.2, 0.25) is 0 Å². The summed E-state index contributed by atoms with van der Waals surface area (Å²) >= 11 is 0. The first-order chi connectivity index (χ1) is 15.9. The first kappa shape index (κ1) is 21.9. The second kappa shape index (κ2) is 9.04. The minimum absolute atomic E-state index is 0.135. The fourth-order valence-electron chi connectivity index (χ4n) is 3.94. The summed E-state index contributed by atoms with van der Waals surface area (Å²) < 4.78 is 1.59. The van der Waals surface area contributed by atoms with Crippen LogP contribution in [0.1, 0.15) is 35.3 Å². The molecule has 0 radical (unpaired) electrons. The number of nitrogens with two attached hydrogens (primary N) is 1. The number of hydrogen-bond donors (Lipinski definition) is 3. The highest BCUT2D eigenvalue weighted by molar-refractivity contribution is 5.98. The summed E-state index contributed by atoms with van der Waals surface area (Å²) in [6.45, 7) is 2.50. The van der Waals surface area contributed by atoms with Crippen LogP contribution >= 0.6 is 0 Å². The van der Waals surface area contributed by atoms with Crippen molar-refractivity contribution in [1.82, 2.24) is 20.0 Å². The van der Waals surface area contributed by atoms with E-state index in [0.717, 1.165) is 11.3 Å². The van der Waals surface area contributed by atoms with E-state index in [4.69, 9.17) is 5.73 Å². The Morgan fingerprint density at radius 2 is 1.79 bits per heavy atom. The van der Waals surface area contributed by atoms with E-state index in [1.807, 2.05) is 67.6 Å². The quantitative estimate of drug-likeness (QED) is 0.517. The van der Waals surface area contributed by atoms with E-state index in [9.17, 15) is 14.9 Å². The molecule has 0 aliphatic carbocycles. The average Bonchev–Trinajstić information content (AvgIpc) is 3.21. The van der Waals surface area contributed by atoms with Crippen molar-refractivity contribution >= 4 is 23.4 Å². The highest BCUT2D eigenvalue weighted by Crippen LogP contribution is 2.34. The number of rotatable bonds is 7. The van der Waals surface area contributed by atoms with E-state index in [-0.39, 0.29) is 24.1 Å². The second-order valence-electron chi connectivity index (χ2n) is 8.19. The van der Waals surface area contributed by atoms with E-state index >= 15 is 0 Å². The fraction of sp³-hybridized carbons (Fsp3) is 0.250. The van der Waals surface area contributed by atoms with Gasteiger partial charge in [0.1, 0.15) is 11.1 Å². The zero-order valence-electron chi connectivity index (χ0n) is 18.2. The van der Waals surface area contributed by atoms with Gasteiger partial charge in [-0.05, 0) is 24.6 Å². The number of benzene rings is 2. The summed E-state index contributed by atoms with van der Waals surface area (Å²) in [4.78, 5) is 26.4. The van der Waals surface area contributed by atoms with Gasteiger partial charge in [-0.1, -0.05) is 48.5 Å². The summed E-state index contributed by atoms with van der Waals surface area (Å²) in [5.74, 6) is -0.316. The van der Waals surface area contributed by atoms with E-state index in [2.05, 4.69) is 21.8 Å². The smallest absolute Gasteiger partial charge is 0.318 e. The van der Waals surface area contributed by atoms with Crippen LogP contribution in [-0.2, 0) is 5.54 Å². The van der Waals surface area contributed by atoms with Crippen LogP contribution in [0.3, 0.4) is 0 Å². The molecule has 1 aliphatic rings. The number of carbonyl (C=O) groups excluding carboxylic acids is 2. The molecule has 168 valence electrons. The molecule has 33 heavy (non-hydrogen) atoms. The Morgan fingerprint density at radius 1 is 1.15 bits per heavy atom. The Morgan fingerprint density at radius 3 is 2.39 bits per heavy atom. The molecule has 9 nitrogen and oxygen atoms in total. The standard InChI is InChI=1S/C24H25N7O2/c1-17(18-8-4-2-5-9-18)27-23(33)30-15-24(16-30,12-13-25)31-14-20(21(26)32)22(29-31)28-19-10-6-3-7-11-19/h2-11,14,17H,12,15-16H2,1H3,(H2,26,32)(H,27,33)(H,28,29)/t17-/m1/s1. The monoisotopic (exact) mass is 443 g/mol. The van der Waals surface area contributed by atoms with Crippen LogP contribution in [0.4, 0.5) is 16.3 Å². The number of nitriles is 1. The SMILES string of the molecule is C[C@@H](NC(=O)N1CC(CC#N)(n2cc(C(N)=O)c(Nc3ccccc3)n2)C1)c1ccccc1. The van der Waals surface area contributed by atoms with Crippen LogP contribution < -0.4 is 16.4 Å². The van der Waals surface area contributed by atoms with Gasteiger partial charge in [0.25, 0.3) is 5.91 Å². The molecule has 4 rings (SSSR count). The zero-order chi connectivity index (χ0) is 23.4. The Labute approximate surface area is 191 Å². The highest BCUT2D eigenvalue weighted by atomic mass is 16.2. The fourth-order valence-corrected chi connectivity index (χ4v) is 3.94. The van der Waals surface area contributed by atoms with Gasteiger partial charge in [-0.15, -0.1) is 0 Å². The number of hydrogen-bond acceptors (Lipinski definition) is 5. The van der Waals surface area contributed by atoms with Gasteiger partial charge in [0, 0.05) is 11.9 Å². The molecule has 1 atom stereocenters. The lowest BCUT2D eigenvalue weighted by Gasteiger charge is -2.49. The van der Waals surface area contributed by atoms with Crippen LogP contribution in [0.5, 0.6) is 0 Å². The highest BCUT2D eigenvalue weighted by Gasteiger charge is 2.48. The van der Waals surface area contributed by atoms with Crippen molar-refractivity contribution in [2.75, 3.05) is 18.4 Å². The molecule has 1 aromatic heterocycles. The molecule has 0 unspecified atom stereocenters. The number of anilines is 2. The van der Waals surface area contributed by atoms with Crippen LogP contribution in [0, 0.1) is 11.3 Å². The molecule has 1 aliphatic heterocycles. The molecule has 2 aromatic carbocycles. The number of nitrogens with zero attached hydrogens (tertiary/aromatic N) is 4. The summed E-state index contributed by atoms with van der Waals surface area (Å²) in [6.07, 6.45) is 1.68. The van der Waals surface area contributed by atoms with Gasteiger partial charge < -0.3 is 21.3 Å². The Kier molecular flexibility index (Phi) is 6.00. The molecule has 0 spiro atoms. The Bertz CT molecular complexity index is 1180. The van der Waals surface area contributed by atoms with Crippen molar-refractivity contribution in [3.05, 3.63) is 78.0 Å². The minimum atomic E-state index is -0.733. The first-order valence-corrected chi connectivity index (χ1v) is 10.6. The third-order valence-electron chi connectivity index (χ3n) is 5.81. The Hall–Kier alpha value is -4.32. The molecular weight excluding hydrogens is 418 g/mol. The van der Waals surface area contributed by atoms with Crippen molar-refractivity contribution in [2.24, 2.45) is 5.73 Å². The van der Waals surface area contributed by atoms with Gasteiger partial charge >= 0.3 is 6.03 Å². The maximum absolute atomic E-state index is 12.8. The van der Waals surface area contributed by atoms with Crippen molar-refractivity contribution in [2.45, 2.75) is 24.9 Å². The lowest BCUT2D eigenvalue weighted by atomic mass is 9.87. The Balaban J connectivity index is 1.51. The number of aromatic nitrogens is 2. The number of nitrogens with one attached hydrogen (secondary N) is 2. The van der Waals surface area contributed by atoms with E-state index < -0.39 is 11.4 Å². The van der Waals surface area contributed by atoms with Crippen molar-refractivity contribution in [3.63, 3.8) is 0 Å². The molecule has 1 fully saturated rings. The minimum Gasteiger partial charge on any atom is -0.365 e. The molecule has 9 heteroatoms. The third kappa shape index (κ3) is 4.50. The summed E-state index contributed by atoms with van der Waals surface area (Å²) in [5.41, 5.74) is 6.82. The summed E-state index contributed by atoms with van der Waals surface area (Å²) in [7, 11) is 0. The third-order valence-corrected chi connectivity index (χ3v) is 5.81. The van der Waals surface area contributed by atoms with E-state index in [1.54, 1.807) is 15.8 Å². The number of urea groups is 1. The van der Waals surface area contributed by atoms with Crippen LogP contribution in [0.25, 0.3) is 0 Å². The molecule has 3 aromatic rings. The molecule has 0 bridgehead atoms. The van der Waals surface area contributed by atoms with Gasteiger partial charge in [-0.25, -0.2) is 4.79 Å². The van der Waals surface area contributed by atoms with Crippen LogP contribution in [0.2, 0.25) is 0 Å². The molecular formula is C24H25N7O2. The normalized spacial score (nSPS) is 15.1. The van der Waals surface area contributed by atoms with Crippen LogP contribution in [-0.4, -0.2) is 39.7 Å². The predicted molar refractivity (Wildman–Crippen MR) is 124 cm³/mol. The first-order valence-electron chi connectivity index (χ1n) is 10.6. The van der Waals surface area contributed by atoms with Crippen molar-refractivity contribution in [1.29, 1.82) is 5.26 Å². The van der Waals surface area contributed by atoms with Crippen molar-refractivity contribution < 1.29 is 9.59 Å². The molecule has 4 N–H and O–H groups in total. The maximum Gasteiger partial charge on any atom is 0.318 e. The summed E-state index contributed by atoms with van der Waals surface area (Å²) in [5, 5.41) is 20.1. The lowest BCUT2D eigenvalue weighted by molar-refractivity contribution is 0.0337. The van der Waals surface area contributed by atoms with E-state index in [0.29, 0.717) is 18.9 Å². The number of likely N-dealkylation sites (tertiary alicyclic amines) is 1. The molecule has 0 saturated carbocycles. The average molecular weight is 444 g/mol. The van der Waals surface area contributed by atoms with Gasteiger partial charge in [0.15, 0.2) is 5.82 Å².